The Bertz CT molecular complexity index is 1040. The summed E-state index contributed by atoms with van der Waals surface area (Å²) >= 11 is 0. The Kier molecular flexibility index (Phi) is 4.72. The average molecular weight is 373 g/mol. The molecule has 1 aliphatic rings. The first-order valence-electron chi connectivity index (χ1n) is 8.92. The van der Waals surface area contributed by atoms with Gasteiger partial charge >= 0.3 is 0 Å². The second-order valence-corrected chi connectivity index (χ2v) is 6.59. The third-order valence-electron chi connectivity index (χ3n) is 4.65. The summed E-state index contributed by atoms with van der Waals surface area (Å²) in [5, 5.41) is 10.1. The van der Waals surface area contributed by atoms with E-state index in [1.807, 2.05) is 18.3 Å². The predicted molar refractivity (Wildman–Crippen MR) is 106 cm³/mol. The quantitative estimate of drug-likeness (QED) is 0.672. The summed E-state index contributed by atoms with van der Waals surface area (Å²) in [4.78, 5) is 28.5. The molecule has 0 radical (unpaired) electrons. The van der Waals surface area contributed by atoms with Crippen molar-refractivity contribution in [1.82, 2.24) is 14.8 Å². The number of nitrogens with zero attached hydrogens (tertiary/aromatic N) is 3. The summed E-state index contributed by atoms with van der Waals surface area (Å²) < 4.78 is 1.79. The normalized spacial score (nSPS) is 15.4. The van der Waals surface area contributed by atoms with Gasteiger partial charge in [-0.25, -0.2) is 0 Å². The number of carbonyl (C=O) groups excluding carboxylic acids is 2. The van der Waals surface area contributed by atoms with Gasteiger partial charge in [0.25, 0.3) is 5.91 Å². The number of rotatable bonds is 5. The fourth-order valence-corrected chi connectivity index (χ4v) is 3.33. The molecule has 0 saturated heterocycles. The van der Waals surface area contributed by atoms with Gasteiger partial charge in [-0.1, -0.05) is 12.1 Å². The third-order valence-corrected chi connectivity index (χ3v) is 4.65. The number of benzene rings is 1. The molecule has 7 nitrogen and oxygen atoms in total. The van der Waals surface area contributed by atoms with Crippen molar-refractivity contribution in [3.8, 4) is 0 Å². The maximum Gasteiger partial charge on any atom is 0.257 e. The Hall–Kier alpha value is -3.74. The van der Waals surface area contributed by atoms with Gasteiger partial charge in [0.15, 0.2) is 0 Å². The Balaban J connectivity index is 1.60. The summed E-state index contributed by atoms with van der Waals surface area (Å²) in [6.45, 7) is 4.33. The van der Waals surface area contributed by atoms with Gasteiger partial charge < -0.3 is 10.6 Å². The third kappa shape index (κ3) is 3.55. The largest absolute Gasteiger partial charge is 0.326 e. The Labute approximate surface area is 162 Å². The topological polar surface area (TPSA) is 88.9 Å². The van der Waals surface area contributed by atoms with Crippen molar-refractivity contribution in [2.75, 3.05) is 10.6 Å². The van der Waals surface area contributed by atoms with E-state index in [0.717, 1.165) is 11.1 Å². The smallest absolute Gasteiger partial charge is 0.257 e. The number of carbonyl (C=O) groups is 2. The summed E-state index contributed by atoms with van der Waals surface area (Å²) in [6, 6.07) is 8.95. The zero-order valence-corrected chi connectivity index (χ0v) is 15.1. The van der Waals surface area contributed by atoms with Crippen molar-refractivity contribution >= 4 is 23.2 Å². The van der Waals surface area contributed by atoms with Crippen LogP contribution in [0.15, 0.2) is 67.8 Å². The lowest BCUT2D eigenvalue weighted by Gasteiger charge is -2.25. The van der Waals surface area contributed by atoms with Crippen LogP contribution in [0, 0.1) is 0 Å². The lowest BCUT2D eigenvalue weighted by atomic mass is 9.86. The van der Waals surface area contributed by atoms with Gasteiger partial charge in [-0.3, -0.25) is 19.3 Å². The second kappa shape index (κ2) is 7.48. The minimum Gasteiger partial charge on any atom is -0.326 e. The molecule has 3 aromatic rings. The van der Waals surface area contributed by atoms with Crippen molar-refractivity contribution in [2.24, 2.45) is 0 Å². The van der Waals surface area contributed by atoms with E-state index in [4.69, 9.17) is 0 Å². The van der Waals surface area contributed by atoms with Crippen molar-refractivity contribution < 1.29 is 9.59 Å². The molecule has 1 aromatic carbocycles. The average Bonchev–Trinajstić information content (AvgIpc) is 3.16. The summed E-state index contributed by atoms with van der Waals surface area (Å²) in [5.74, 6) is -0.396. The van der Waals surface area contributed by atoms with Crippen LogP contribution < -0.4 is 10.6 Å². The molecule has 0 fully saturated rings. The van der Waals surface area contributed by atoms with Crippen LogP contribution in [0.4, 0.5) is 11.4 Å². The molecule has 2 aromatic heterocycles. The first-order valence-corrected chi connectivity index (χ1v) is 8.92. The Morgan fingerprint density at radius 1 is 1.36 bits per heavy atom. The van der Waals surface area contributed by atoms with E-state index in [2.05, 4.69) is 27.3 Å². The van der Waals surface area contributed by atoms with Crippen LogP contribution in [0.5, 0.6) is 0 Å². The molecule has 7 heteroatoms. The number of nitrogens with one attached hydrogen (secondary N) is 2. The van der Waals surface area contributed by atoms with Crippen LogP contribution in [0.1, 0.15) is 33.8 Å². The number of hydrogen-bond donors (Lipinski definition) is 2. The minimum absolute atomic E-state index is 0.0651. The lowest BCUT2D eigenvalue weighted by Crippen LogP contribution is -2.23. The van der Waals surface area contributed by atoms with E-state index < -0.39 is 0 Å². The molecule has 2 N–H and O–H groups in total. The number of amides is 2. The standard InChI is InChI=1S/C21H19N5O2/c1-2-8-26-13-15(12-23-26)18-10-20(27)25-19-9-16(5-6-17(18)19)24-21(28)14-4-3-7-22-11-14/h2-7,9,11-13,18H,1,8,10H2,(H,24,28)(H,25,27)/t18-/m1/s1. The van der Waals surface area contributed by atoms with Crippen LogP contribution in [0.25, 0.3) is 0 Å². The molecular formula is C21H19N5O2. The van der Waals surface area contributed by atoms with Crippen LogP contribution >= 0.6 is 0 Å². The molecular weight excluding hydrogens is 354 g/mol. The van der Waals surface area contributed by atoms with Crippen LogP contribution in [0.2, 0.25) is 0 Å². The van der Waals surface area contributed by atoms with Crippen molar-refractivity contribution in [2.45, 2.75) is 18.9 Å². The second-order valence-electron chi connectivity index (χ2n) is 6.59. The van der Waals surface area contributed by atoms with E-state index in [0.29, 0.717) is 29.9 Å². The predicted octanol–water partition coefficient (Wildman–Crippen LogP) is 3.19. The highest BCUT2D eigenvalue weighted by atomic mass is 16.2. The SMILES string of the molecule is C=CCn1cc([C@H]2CC(=O)Nc3cc(NC(=O)c4cccnc4)ccc32)cn1. The van der Waals surface area contributed by atoms with Gasteiger partial charge in [-0.05, 0) is 35.4 Å². The fraction of sp³-hybridized carbons (Fsp3) is 0.143. The molecule has 0 bridgehead atoms. The van der Waals surface area contributed by atoms with Gasteiger partial charge in [-0.2, -0.15) is 5.10 Å². The van der Waals surface area contributed by atoms with Crippen molar-refractivity contribution in [3.63, 3.8) is 0 Å². The van der Waals surface area contributed by atoms with Crippen molar-refractivity contribution in [3.05, 3.63) is 84.5 Å². The molecule has 0 aliphatic carbocycles. The highest BCUT2D eigenvalue weighted by Gasteiger charge is 2.27. The van der Waals surface area contributed by atoms with E-state index in [1.165, 1.54) is 6.20 Å². The number of hydrogen-bond acceptors (Lipinski definition) is 4. The number of fused-ring (bicyclic) bond motifs is 1. The monoisotopic (exact) mass is 373 g/mol. The zero-order chi connectivity index (χ0) is 19.5. The highest BCUT2D eigenvalue weighted by Crippen LogP contribution is 2.38. The van der Waals surface area contributed by atoms with Gasteiger partial charge in [-0.15, -0.1) is 6.58 Å². The molecule has 140 valence electrons. The Morgan fingerprint density at radius 3 is 3.04 bits per heavy atom. The maximum absolute atomic E-state index is 12.3. The van der Waals surface area contributed by atoms with Crippen molar-refractivity contribution in [1.29, 1.82) is 0 Å². The summed E-state index contributed by atoms with van der Waals surface area (Å²) in [7, 11) is 0. The van der Waals surface area contributed by atoms with Gasteiger partial charge in [0, 0.05) is 42.3 Å². The summed E-state index contributed by atoms with van der Waals surface area (Å²) in [6.07, 6.45) is 8.97. The molecule has 4 rings (SSSR count). The first-order chi connectivity index (χ1) is 13.6. The van der Waals surface area contributed by atoms with E-state index in [9.17, 15) is 9.59 Å². The van der Waals surface area contributed by atoms with Crippen LogP contribution in [-0.4, -0.2) is 26.6 Å². The zero-order valence-electron chi connectivity index (χ0n) is 15.1. The fourth-order valence-electron chi connectivity index (χ4n) is 3.33. The lowest BCUT2D eigenvalue weighted by molar-refractivity contribution is -0.116. The van der Waals surface area contributed by atoms with E-state index >= 15 is 0 Å². The molecule has 1 aliphatic heterocycles. The molecule has 2 amide bonds. The molecule has 0 unspecified atom stereocenters. The van der Waals surface area contributed by atoms with Crippen LogP contribution in [0.3, 0.4) is 0 Å². The van der Waals surface area contributed by atoms with E-state index in [1.54, 1.807) is 41.4 Å². The number of allylic oxidation sites excluding steroid dienone is 1. The van der Waals surface area contributed by atoms with Gasteiger partial charge in [0.1, 0.15) is 0 Å². The maximum atomic E-state index is 12.3. The minimum atomic E-state index is -0.252. The molecule has 1 atom stereocenters. The number of anilines is 2. The van der Waals surface area contributed by atoms with Crippen LogP contribution in [-0.2, 0) is 11.3 Å². The summed E-state index contributed by atoms with van der Waals surface area (Å²) in [5.41, 5.74) is 3.75. The van der Waals surface area contributed by atoms with Gasteiger partial charge in [0.05, 0.1) is 18.3 Å². The molecule has 0 spiro atoms. The molecule has 3 heterocycles. The molecule has 28 heavy (non-hydrogen) atoms. The highest BCUT2D eigenvalue weighted by molar-refractivity contribution is 6.05. The number of pyridine rings is 1. The van der Waals surface area contributed by atoms with E-state index in [-0.39, 0.29) is 17.7 Å². The molecule has 0 saturated carbocycles. The Morgan fingerprint density at radius 2 is 2.25 bits per heavy atom. The number of aromatic nitrogens is 3. The first kappa shape index (κ1) is 17.7. The van der Waals surface area contributed by atoms with Gasteiger partial charge in [0.2, 0.25) is 5.91 Å².